The Kier molecular flexibility index (Phi) is 4.08. The molecule has 0 aromatic heterocycles. The second kappa shape index (κ2) is 6.06. The number of likely N-dealkylation sites (tertiary alicyclic amines) is 1. The predicted octanol–water partition coefficient (Wildman–Crippen LogP) is 3.20. The van der Waals surface area contributed by atoms with Crippen LogP contribution in [0.15, 0.2) is 47.4 Å². The minimum Gasteiger partial charge on any atom is -0.487 e. The Morgan fingerprint density at radius 2 is 1.92 bits per heavy atom. The second-order valence-corrected chi connectivity index (χ2v) is 9.97. The number of halogens is 1. The van der Waals surface area contributed by atoms with Gasteiger partial charge in [0.1, 0.15) is 22.1 Å². The molecule has 0 spiro atoms. The third kappa shape index (κ3) is 3.12. The largest absolute Gasteiger partial charge is 0.487 e. The van der Waals surface area contributed by atoms with Crippen molar-refractivity contribution >= 4 is 9.84 Å². The molecular formula is C20H22FNO3S. The van der Waals surface area contributed by atoms with Crippen LogP contribution in [0, 0.1) is 5.82 Å². The summed E-state index contributed by atoms with van der Waals surface area (Å²) in [6, 6.07) is 11.8. The summed E-state index contributed by atoms with van der Waals surface area (Å²) in [5.74, 6) is 0.259. The first-order chi connectivity index (χ1) is 12.2. The molecule has 0 unspecified atom stereocenters. The molecule has 0 bridgehead atoms. The molecule has 1 fully saturated rings. The van der Waals surface area contributed by atoms with E-state index in [0.717, 1.165) is 17.7 Å². The second-order valence-electron chi connectivity index (χ2n) is 7.77. The summed E-state index contributed by atoms with van der Waals surface area (Å²) in [5, 5.41) is -0.545. The highest BCUT2D eigenvalue weighted by Crippen LogP contribution is 2.36. The fourth-order valence-corrected chi connectivity index (χ4v) is 5.50. The standard InChI is InChI=1S/C20H22FNO3S/c1-20(2)10-15-9-14(7-8-18(15)25-20)11-22-12-16(13-22)26(23,24)19-6-4-3-5-17(19)21/h3-9,16H,10-13H2,1-2H3. The number of sulfone groups is 1. The van der Waals surface area contributed by atoms with Gasteiger partial charge in [0.25, 0.3) is 0 Å². The molecule has 0 saturated carbocycles. The van der Waals surface area contributed by atoms with Gasteiger partial charge in [-0.05, 0) is 43.2 Å². The maximum atomic E-state index is 13.8. The summed E-state index contributed by atoms with van der Waals surface area (Å²) in [5.41, 5.74) is 2.17. The van der Waals surface area contributed by atoms with Gasteiger partial charge in [-0.25, -0.2) is 12.8 Å². The monoisotopic (exact) mass is 375 g/mol. The van der Waals surface area contributed by atoms with Gasteiger partial charge in [0.15, 0.2) is 9.84 Å². The molecule has 138 valence electrons. The highest BCUT2D eigenvalue weighted by atomic mass is 32.2. The molecule has 4 rings (SSSR count). The van der Waals surface area contributed by atoms with Gasteiger partial charge in [-0.3, -0.25) is 4.90 Å². The van der Waals surface area contributed by atoms with Crippen LogP contribution in [-0.2, 0) is 22.8 Å². The lowest BCUT2D eigenvalue weighted by molar-refractivity contribution is 0.138. The van der Waals surface area contributed by atoms with Crippen LogP contribution >= 0.6 is 0 Å². The van der Waals surface area contributed by atoms with Gasteiger partial charge in [0.2, 0.25) is 0 Å². The van der Waals surface area contributed by atoms with Crippen LogP contribution in [0.2, 0.25) is 0 Å². The van der Waals surface area contributed by atoms with Crippen LogP contribution in [0.25, 0.3) is 0 Å². The molecule has 2 aromatic carbocycles. The number of rotatable bonds is 4. The molecule has 4 nitrogen and oxygen atoms in total. The summed E-state index contributed by atoms with van der Waals surface area (Å²) in [4.78, 5) is 1.88. The minimum atomic E-state index is -3.62. The first-order valence-corrected chi connectivity index (χ1v) is 10.3. The smallest absolute Gasteiger partial charge is 0.186 e. The Labute approximate surface area is 153 Å². The van der Waals surface area contributed by atoms with Gasteiger partial charge in [-0.1, -0.05) is 24.3 Å². The molecule has 6 heteroatoms. The zero-order valence-electron chi connectivity index (χ0n) is 14.9. The van der Waals surface area contributed by atoms with Crippen molar-refractivity contribution in [3.8, 4) is 5.75 Å². The number of benzene rings is 2. The summed E-state index contributed by atoms with van der Waals surface area (Å²) in [7, 11) is -3.62. The van der Waals surface area contributed by atoms with Crippen molar-refractivity contribution in [1.29, 1.82) is 0 Å². The van der Waals surface area contributed by atoms with Crippen molar-refractivity contribution in [3.05, 3.63) is 59.4 Å². The normalized spacial score (nSPS) is 19.7. The Morgan fingerprint density at radius 3 is 2.65 bits per heavy atom. The number of fused-ring (bicyclic) bond motifs is 1. The average Bonchev–Trinajstić information content (AvgIpc) is 2.83. The molecule has 2 aliphatic rings. The van der Waals surface area contributed by atoms with Crippen LogP contribution < -0.4 is 4.74 Å². The molecule has 2 aromatic rings. The van der Waals surface area contributed by atoms with E-state index >= 15 is 0 Å². The molecule has 26 heavy (non-hydrogen) atoms. The van der Waals surface area contributed by atoms with Gasteiger partial charge in [0, 0.05) is 26.1 Å². The number of ether oxygens (including phenoxy) is 1. The van der Waals surface area contributed by atoms with E-state index in [-0.39, 0.29) is 10.5 Å². The molecule has 0 atom stereocenters. The third-order valence-electron chi connectivity index (χ3n) is 5.04. The lowest BCUT2D eigenvalue weighted by atomic mass is 10.00. The van der Waals surface area contributed by atoms with Crippen LogP contribution in [0.5, 0.6) is 5.75 Å². The zero-order chi connectivity index (χ0) is 18.5. The van der Waals surface area contributed by atoms with E-state index in [1.807, 2.05) is 12.1 Å². The minimum absolute atomic E-state index is 0.170. The fraction of sp³-hybridized carbons (Fsp3) is 0.400. The maximum absolute atomic E-state index is 13.8. The van der Waals surface area contributed by atoms with Gasteiger partial charge in [0.05, 0.1) is 5.25 Å². The Hall–Kier alpha value is -1.92. The van der Waals surface area contributed by atoms with Crippen LogP contribution in [0.1, 0.15) is 25.0 Å². The van der Waals surface area contributed by atoms with Crippen molar-refractivity contribution in [1.82, 2.24) is 4.90 Å². The molecule has 0 aliphatic carbocycles. The van der Waals surface area contributed by atoms with Gasteiger partial charge in [-0.15, -0.1) is 0 Å². The lowest BCUT2D eigenvalue weighted by Gasteiger charge is -2.38. The summed E-state index contributed by atoms with van der Waals surface area (Å²) >= 11 is 0. The SMILES string of the molecule is CC1(C)Cc2cc(CN3CC(S(=O)(=O)c4ccccc4F)C3)ccc2O1. The average molecular weight is 375 g/mol. The number of nitrogens with zero attached hydrogens (tertiary/aromatic N) is 1. The summed E-state index contributed by atoms with van der Waals surface area (Å²) < 4.78 is 44.9. The van der Waals surface area contributed by atoms with E-state index in [4.69, 9.17) is 4.74 Å². The molecule has 2 aliphatic heterocycles. The first kappa shape index (κ1) is 17.5. The number of hydrogen-bond acceptors (Lipinski definition) is 4. The quantitative estimate of drug-likeness (QED) is 0.823. The van der Waals surface area contributed by atoms with E-state index in [9.17, 15) is 12.8 Å². The Morgan fingerprint density at radius 1 is 1.19 bits per heavy atom. The van der Waals surface area contributed by atoms with Gasteiger partial charge >= 0.3 is 0 Å². The zero-order valence-corrected chi connectivity index (χ0v) is 15.7. The van der Waals surface area contributed by atoms with Crippen molar-refractivity contribution in [3.63, 3.8) is 0 Å². The Bertz CT molecular complexity index is 949. The van der Waals surface area contributed by atoms with Crippen molar-refractivity contribution in [2.45, 2.75) is 42.6 Å². The van der Waals surface area contributed by atoms with Crippen LogP contribution in [0.4, 0.5) is 4.39 Å². The van der Waals surface area contributed by atoms with Crippen molar-refractivity contribution in [2.24, 2.45) is 0 Å². The van der Waals surface area contributed by atoms with E-state index in [1.54, 1.807) is 6.07 Å². The summed E-state index contributed by atoms with van der Waals surface area (Å²) in [6.45, 7) is 5.68. The molecule has 0 radical (unpaired) electrons. The van der Waals surface area contributed by atoms with E-state index in [1.165, 1.54) is 23.8 Å². The summed E-state index contributed by atoms with van der Waals surface area (Å²) in [6.07, 6.45) is 0.875. The van der Waals surface area contributed by atoms with Gasteiger partial charge < -0.3 is 4.74 Å². The first-order valence-electron chi connectivity index (χ1n) is 8.76. The lowest BCUT2D eigenvalue weighted by Crippen LogP contribution is -2.54. The Balaban J connectivity index is 1.41. The van der Waals surface area contributed by atoms with Gasteiger partial charge in [-0.2, -0.15) is 0 Å². The number of hydrogen-bond donors (Lipinski definition) is 0. The third-order valence-corrected chi connectivity index (χ3v) is 7.16. The molecular weight excluding hydrogens is 353 g/mol. The highest BCUT2D eigenvalue weighted by Gasteiger charge is 2.39. The predicted molar refractivity (Wildman–Crippen MR) is 97.5 cm³/mol. The molecule has 0 amide bonds. The van der Waals surface area contributed by atoms with Crippen LogP contribution in [-0.4, -0.2) is 37.3 Å². The molecule has 0 N–H and O–H groups in total. The van der Waals surface area contributed by atoms with Crippen molar-refractivity contribution < 1.29 is 17.5 Å². The molecule has 2 heterocycles. The maximum Gasteiger partial charge on any atom is 0.186 e. The van der Waals surface area contributed by atoms with E-state index < -0.39 is 20.9 Å². The highest BCUT2D eigenvalue weighted by molar-refractivity contribution is 7.92. The fourth-order valence-electron chi connectivity index (χ4n) is 3.72. The van der Waals surface area contributed by atoms with Crippen LogP contribution in [0.3, 0.4) is 0 Å². The topological polar surface area (TPSA) is 46.6 Å². The van der Waals surface area contributed by atoms with Crippen molar-refractivity contribution in [2.75, 3.05) is 13.1 Å². The van der Waals surface area contributed by atoms with E-state index in [2.05, 4.69) is 24.8 Å². The molecule has 1 saturated heterocycles. The van der Waals surface area contributed by atoms with E-state index in [0.29, 0.717) is 19.6 Å².